The zero-order valence-corrected chi connectivity index (χ0v) is 11.8. The minimum atomic E-state index is -0.149. The van der Waals surface area contributed by atoms with Crippen LogP contribution in [0, 0.1) is 5.41 Å². The van der Waals surface area contributed by atoms with Gasteiger partial charge in [0.05, 0.1) is 18.8 Å². The molecule has 1 saturated carbocycles. The molecule has 5 nitrogen and oxygen atoms in total. The fourth-order valence-corrected chi connectivity index (χ4v) is 3.17. The predicted molar refractivity (Wildman–Crippen MR) is 72.8 cm³/mol. The van der Waals surface area contributed by atoms with E-state index in [4.69, 9.17) is 4.74 Å². The SMILES string of the molecule is COC1CNC(C(=O)NCC2(CO)CCCCC2)C1. The highest BCUT2D eigenvalue weighted by atomic mass is 16.5. The molecule has 2 unspecified atom stereocenters. The minimum absolute atomic E-state index is 0.0398. The van der Waals surface area contributed by atoms with Gasteiger partial charge in [0.1, 0.15) is 0 Å². The first kappa shape index (κ1) is 14.8. The summed E-state index contributed by atoms with van der Waals surface area (Å²) in [4.78, 5) is 12.1. The van der Waals surface area contributed by atoms with Gasteiger partial charge in [0.2, 0.25) is 5.91 Å². The number of ether oxygens (including phenoxy) is 1. The van der Waals surface area contributed by atoms with Gasteiger partial charge in [-0.15, -0.1) is 0 Å². The van der Waals surface area contributed by atoms with Gasteiger partial charge < -0.3 is 20.5 Å². The Hall–Kier alpha value is -0.650. The molecule has 1 saturated heterocycles. The Morgan fingerprint density at radius 1 is 1.42 bits per heavy atom. The van der Waals surface area contributed by atoms with E-state index in [9.17, 15) is 9.90 Å². The van der Waals surface area contributed by atoms with Crippen molar-refractivity contribution in [1.82, 2.24) is 10.6 Å². The Morgan fingerprint density at radius 3 is 2.74 bits per heavy atom. The van der Waals surface area contributed by atoms with E-state index >= 15 is 0 Å². The number of carbonyl (C=O) groups is 1. The van der Waals surface area contributed by atoms with Crippen molar-refractivity contribution in [2.45, 2.75) is 50.7 Å². The lowest BCUT2D eigenvalue weighted by atomic mass is 9.74. The van der Waals surface area contributed by atoms with E-state index in [1.54, 1.807) is 7.11 Å². The van der Waals surface area contributed by atoms with Crippen LogP contribution in [-0.2, 0) is 9.53 Å². The first-order valence-electron chi connectivity index (χ1n) is 7.34. The third kappa shape index (κ3) is 3.68. The topological polar surface area (TPSA) is 70.6 Å². The molecule has 0 spiro atoms. The van der Waals surface area contributed by atoms with Crippen molar-refractivity contribution in [3.63, 3.8) is 0 Å². The maximum absolute atomic E-state index is 12.1. The molecule has 2 aliphatic rings. The largest absolute Gasteiger partial charge is 0.396 e. The molecule has 0 radical (unpaired) electrons. The van der Waals surface area contributed by atoms with Gasteiger partial charge in [-0.3, -0.25) is 4.79 Å². The molecule has 1 heterocycles. The fourth-order valence-electron chi connectivity index (χ4n) is 3.17. The van der Waals surface area contributed by atoms with Gasteiger partial charge in [-0.05, 0) is 19.3 Å². The van der Waals surface area contributed by atoms with Crippen molar-refractivity contribution in [2.75, 3.05) is 26.8 Å². The van der Waals surface area contributed by atoms with Gasteiger partial charge >= 0.3 is 0 Å². The Morgan fingerprint density at radius 2 is 2.16 bits per heavy atom. The highest BCUT2D eigenvalue weighted by Gasteiger charge is 2.34. The van der Waals surface area contributed by atoms with Crippen molar-refractivity contribution < 1.29 is 14.6 Å². The second kappa shape index (κ2) is 6.68. The van der Waals surface area contributed by atoms with Crippen LogP contribution in [0.2, 0.25) is 0 Å². The van der Waals surface area contributed by atoms with E-state index in [1.807, 2.05) is 0 Å². The summed E-state index contributed by atoms with van der Waals surface area (Å²) in [6.45, 7) is 1.50. The normalized spacial score (nSPS) is 30.2. The maximum atomic E-state index is 12.1. The molecule has 0 aromatic rings. The number of amides is 1. The fraction of sp³-hybridized carbons (Fsp3) is 0.929. The van der Waals surface area contributed by atoms with Crippen LogP contribution in [0.4, 0.5) is 0 Å². The first-order chi connectivity index (χ1) is 9.19. The van der Waals surface area contributed by atoms with Gasteiger partial charge in [0.15, 0.2) is 0 Å². The summed E-state index contributed by atoms with van der Waals surface area (Å²) >= 11 is 0. The van der Waals surface area contributed by atoms with Crippen LogP contribution in [0.1, 0.15) is 38.5 Å². The number of hydrogen-bond acceptors (Lipinski definition) is 4. The number of methoxy groups -OCH3 is 1. The second-order valence-corrected chi connectivity index (χ2v) is 5.99. The highest BCUT2D eigenvalue weighted by molar-refractivity contribution is 5.82. The summed E-state index contributed by atoms with van der Waals surface area (Å²) in [7, 11) is 1.68. The third-order valence-corrected chi connectivity index (χ3v) is 4.63. The van der Waals surface area contributed by atoms with Crippen LogP contribution in [0.3, 0.4) is 0 Å². The Bertz CT molecular complexity index is 303. The molecule has 1 aliphatic heterocycles. The summed E-state index contributed by atoms with van der Waals surface area (Å²) in [6.07, 6.45) is 6.46. The van der Waals surface area contributed by atoms with Crippen LogP contribution in [-0.4, -0.2) is 50.0 Å². The number of nitrogens with one attached hydrogen (secondary N) is 2. The van der Waals surface area contributed by atoms with Crippen molar-refractivity contribution in [2.24, 2.45) is 5.41 Å². The number of rotatable bonds is 5. The lowest BCUT2D eigenvalue weighted by molar-refractivity contribution is -0.123. The van der Waals surface area contributed by atoms with Gasteiger partial charge in [0.25, 0.3) is 0 Å². The van der Waals surface area contributed by atoms with Gasteiger partial charge in [-0.2, -0.15) is 0 Å². The standard InChI is InChI=1S/C14H26N2O3/c1-19-11-7-12(15-8-11)13(18)16-9-14(10-17)5-3-2-4-6-14/h11-12,15,17H,2-10H2,1H3,(H,16,18). The van der Waals surface area contributed by atoms with Crippen LogP contribution in [0.5, 0.6) is 0 Å². The molecule has 2 fully saturated rings. The molecule has 0 bridgehead atoms. The molecule has 110 valence electrons. The van der Waals surface area contributed by atoms with Crippen LogP contribution in [0.15, 0.2) is 0 Å². The van der Waals surface area contributed by atoms with E-state index in [0.29, 0.717) is 6.54 Å². The van der Waals surface area contributed by atoms with Crippen molar-refractivity contribution >= 4 is 5.91 Å². The summed E-state index contributed by atoms with van der Waals surface area (Å²) < 4.78 is 5.24. The van der Waals surface area contributed by atoms with Crippen molar-refractivity contribution in [3.8, 4) is 0 Å². The molecular formula is C14H26N2O3. The summed E-state index contributed by atoms with van der Waals surface area (Å²) in [5.41, 5.74) is -0.0901. The van der Waals surface area contributed by atoms with Crippen molar-refractivity contribution in [1.29, 1.82) is 0 Å². The monoisotopic (exact) mass is 270 g/mol. The quantitative estimate of drug-likeness (QED) is 0.677. The molecule has 2 rings (SSSR count). The van der Waals surface area contributed by atoms with Crippen LogP contribution >= 0.6 is 0 Å². The number of hydrogen-bond donors (Lipinski definition) is 3. The highest BCUT2D eigenvalue weighted by Crippen LogP contribution is 2.35. The van der Waals surface area contributed by atoms with Gasteiger partial charge in [0, 0.05) is 25.6 Å². The Kier molecular flexibility index (Phi) is 5.19. The van der Waals surface area contributed by atoms with Crippen LogP contribution < -0.4 is 10.6 Å². The molecule has 0 aromatic carbocycles. The average Bonchev–Trinajstić information content (AvgIpc) is 2.95. The lowest BCUT2D eigenvalue weighted by Crippen LogP contribution is -2.47. The molecule has 3 N–H and O–H groups in total. The molecule has 2 atom stereocenters. The van der Waals surface area contributed by atoms with E-state index in [0.717, 1.165) is 38.6 Å². The molecule has 1 amide bonds. The summed E-state index contributed by atoms with van der Waals surface area (Å²) in [6, 6.07) is -0.149. The smallest absolute Gasteiger partial charge is 0.237 e. The predicted octanol–water partition coefficient (Wildman–Crippen LogP) is 0.422. The lowest BCUT2D eigenvalue weighted by Gasteiger charge is -2.35. The second-order valence-electron chi connectivity index (χ2n) is 5.99. The van der Waals surface area contributed by atoms with E-state index < -0.39 is 0 Å². The van der Waals surface area contributed by atoms with Gasteiger partial charge in [-0.25, -0.2) is 0 Å². The molecule has 1 aliphatic carbocycles. The number of carbonyl (C=O) groups excluding carboxylic acids is 1. The van der Waals surface area contributed by atoms with E-state index in [1.165, 1.54) is 6.42 Å². The molecular weight excluding hydrogens is 244 g/mol. The number of aliphatic hydroxyl groups is 1. The zero-order valence-electron chi connectivity index (χ0n) is 11.8. The summed E-state index contributed by atoms with van der Waals surface area (Å²) in [5, 5.41) is 15.8. The van der Waals surface area contributed by atoms with Crippen LogP contribution in [0.25, 0.3) is 0 Å². The Labute approximate surface area is 115 Å². The Balaban J connectivity index is 1.79. The third-order valence-electron chi connectivity index (χ3n) is 4.63. The molecule has 5 heteroatoms. The summed E-state index contributed by atoms with van der Waals surface area (Å²) in [5.74, 6) is 0.0398. The molecule has 19 heavy (non-hydrogen) atoms. The average molecular weight is 270 g/mol. The first-order valence-corrected chi connectivity index (χ1v) is 7.34. The van der Waals surface area contributed by atoms with E-state index in [2.05, 4.69) is 10.6 Å². The zero-order chi connectivity index (χ0) is 13.7. The van der Waals surface area contributed by atoms with Crippen molar-refractivity contribution in [3.05, 3.63) is 0 Å². The maximum Gasteiger partial charge on any atom is 0.237 e. The van der Waals surface area contributed by atoms with Gasteiger partial charge in [-0.1, -0.05) is 19.3 Å². The minimum Gasteiger partial charge on any atom is -0.396 e. The number of aliphatic hydroxyl groups excluding tert-OH is 1. The molecule has 0 aromatic heterocycles. The van der Waals surface area contributed by atoms with E-state index in [-0.39, 0.29) is 30.1 Å².